The molecule has 3 aliphatic carbocycles. The molecule has 0 aromatic heterocycles. The molecule has 19 heavy (non-hydrogen) atoms. The van der Waals surface area contributed by atoms with Crippen molar-refractivity contribution in [1.82, 2.24) is 5.32 Å². The zero-order chi connectivity index (χ0) is 13.3. The second kappa shape index (κ2) is 5.76. The van der Waals surface area contributed by atoms with Gasteiger partial charge >= 0.3 is 0 Å². The lowest BCUT2D eigenvalue weighted by atomic mass is 9.71. The van der Waals surface area contributed by atoms with Crippen molar-refractivity contribution in [3.05, 3.63) is 0 Å². The SMILES string of the molecule is CC1CCC(NC2CCC3(CCCC3)CC2)C(C)C1. The van der Waals surface area contributed by atoms with Gasteiger partial charge in [-0.1, -0.05) is 26.7 Å². The first kappa shape index (κ1) is 13.9. The second-order valence-electron chi connectivity index (χ2n) is 8.15. The Kier molecular flexibility index (Phi) is 4.22. The van der Waals surface area contributed by atoms with Gasteiger partial charge in [0.1, 0.15) is 0 Å². The van der Waals surface area contributed by atoms with E-state index in [4.69, 9.17) is 0 Å². The van der Waals surface area contributed by atoms with Gasteiger partial charge in [-0.15, -0.1) is 0 Å². The Bertz CT molecular complexity index is 282. The average molecular weight is 263 g/mol. The van der Waals surface area contributed by atoms with Gasteiger partial charge in [0.25, 0.3) is 0 Å². The van der Waals surface area contributed by atoms with Crippen molar-refractivity contribution in [3.63, 3.8) is 0 Å². The zero-order valence-electron chi connectivity index (χ0n) is 13.1. The highest BCUT2D eigenvalue weighted by molar-refractivity contribution is 4.93. The predicted octanol–water partition coefficient (Wildman–Crippen LogP) is 4.90. The van der Waals surface area contributed by atoms with Crippen molar-refractivity contribution < 1.29 is 0 Å². The molecule has 1 N–H and O–H groups in total. The number of nitrogens with one attached hydrogen (secondary N) is 1. The number of hydrogen-bond acceptors (Lipinski definition) is 1. The van der Waals surface area contributed by atoms with Crippen molar-refractivity contribution in [2.24, 2.45) is 17.3 Å². The van der Waals surface area contributed by atoms with Crippen LogP contribution in [0, 0.1) is 17.3 Å². The number of rotatable bonds is 2. The predicted molar refractivity (Wildman–Crippen MR) is 82.3 cm³/mol. The van der Waals surface area contributed by atoms with E-state index >= 15 is 0 Å². The Morgan fingerprint density at radius 1 is 0.842 bits per heavy atom. The van der Waals surface area contributed by atoms with Crippen molar-refractivity contribution in [3.8, 4) is 0 Å². The summed E-state index contributed by atoms with van der Waals surface area (Å²) in [7, 11) is 0. The van der Waals surface area contributed by atoms with Gasteiger partial charge in [-0.05, 0) is 75.0 Å². The third-order valence-electron chi connectivity index (χ3n) is 6.59. The maximum Gasteiger partial charge on any atom is 0.00954 e. The van der Waals surface area contributed by atoms with Crippen LogP contribution in [0.3, 0.4) is 0 Å². The molecular formula is C18H33N. The lowest BCUT2D eigenvalue weighted by Crippen LogP contribution is -2.46. The summed E-state index contributed by atoms with van der Waals surface area (Å²) in [6.45, 7) is 4.89. The molecule has 3 saturated carbocycles. The summed E-state index contributed by atoms with van der Waals surface area (Å²) >= 11 is 0. The molecule has 0 aromatic carbocycles. The molecule has 110 valence electrons. The molecule has 0 amide bonds. The highest BCUT2D eigenvalue weighted by Crippen LogP contribution is 2.49. The van der Waals surface area contributed by atoms with E-state index in [1.165, 1.54) is 70.6 Å². The van der Waals surface area contributed by atoms with E-state index in [1.807, 2.05) is 0 Å². The van der Waals surface area contributed by atoms with Crippen molar-refractivity contribution in [2.75, 3.05) is 0 Å². The molecule has 0 saturated heterocycles. The van der Waals surface area contributed by atoms with Crippen LogP contribution < -0.4 is 5.32 Å². The molecule has 3 fully saturated rings. The van der Waals surface area contributed by atoms with Gasteiger partial charge in [0.2, 0.25) is 0 Å². The van der Waals surface area contributed by atoms with Crippen LogP contribution in [0.1, 0.15) is 84.5 Å². The summed E-state index contributed by atoms with van der Waals surface area (Å²) in [5.74, 6) is 1.85. The van der Waals surface area contributed by atoms with E-state index in [1.54, 1.807) is 0 Å². The molecule has 0 aliphatic heterocycles. The standard InChI is InChI=1S/C18H33N/c1-14-5-6-17(15(2)13-14)19-16-7-11-18(12-8-16)9-3-4-10-18/h14-17,19H,3-13H2,1-2H3. The topological polar surface area (TPSA) is 12.0 Å². The second-order valence-corrected chi connectivity index (χ2v) is 8.15. The van der Waals surface area contributed by atoms with Crippen LogP contribution >= 0.6 is 0 Å². The lowest BCUT2D eigenvalue weighted by molar-refractivity contribution is 0.141. The minimum atomic E-state index is 0.797. The lowest BCUT2D eigenvalue weighted by Gasteiger charge is -2.41. The Morgan fingerprint density at radius 2 is 1.53 bits per heavy atom. The maximum absolute atomic E-state index is 4.03. The minimum absolute atomic E-state index is 0.797. The quantitative estimate of drug-likeness (QED) is 0.747. The van der Waals surface area contributed by atoms with E-state index in [0.717, 1.165) is 29.3 Å². The highest BCUT2D eigenvalue weighted by Gasteiger charge is 2.38. The van der Waals surface area contributed by atoms with E-state index in [2.05, 4.69) is 19.2 Å². The summed E-state index contributed by atoms with van der Waals surface area (Å²) in [5, 5.41) is 4.03. The van der Waals surface area contributed by atoms with Crippen LogP contribution in [0.4, 0.5) is 0 Å². The van der Waals surface area contributed by atoms with Gasteiger partial charge < -0.3 is 5.32 Å². The summed E-state index contributed by atoms with van der Waals surface area (Å²) in [5.41, 5.74) is 0.797. The Morgan fingerprint density at radius 3 is 2.16 bits per heavy atom. The normalized spacial score (nSPS) is 39.8. The fraction of sp³-hybridized carbons (Fsp3) is 1.00. The van der Waals surface area contributed by atoms with Gasteiger partial charge in [-0.3, -0.25) is 0 Å². The third-order valence-corrected chi connectivity index (χ3v) is 6.59. The molecule has 0 bridgehead atoms. The minimum Gasteiger partial charge on any atom is -0.311 e. The molecular weight excluding hydrogens is 230 g/mol. The van der Waals surface area contributed by atoms with E-state index in [0.29, 0.717) is 0 Å². The first-order valence-electron chi connectivity index (χ1n) is 8.93. The van der Waals surface area contributed by atoms with Gasteiger partial charge in [0.15, 0.2) is 0 Å². The van der Waals surface area contributed by atoms with Crippen molar-refractivity contribution >= 4 is 0 Å². The van der Waals surface area contributed by atoms with Gasteiger partial charge in [-0.25, -0.2) is 0 Å². The molecule has 0 heterocycles. The van der Waals surface area contributed by atoms with Crippen LogP contribution in [0.15, 0.2) is 0 Å². The molecule has 0 radical (unpaired) electrons. The summed E-state index contributed by atoms with van der Waals surface area (Å²) < 4.78 is 0. The molecule has 1 nitrogen and oxygen atoms in total. The van der Waals surface area contributed by atoms with Crippen molar-refractivity contribution in [1.29, 1.82) is 0 Å². The first-order chi connectivity index (χ1) is 9.17. The number of hydrogen-bond donors (Lipinski definition) is 1. The molecule has 1 heteroatoms. The van der Waals surface area contributed by atoms with Gasteiger partial charge in [0.05, 0.1) is 0 Å². The van der Waals surface area contributed by atoms with Crippen LogP contribution in [0.25, 0.3) is 0 Å². The van der Waals surface area contributed by atoms with Gasteiger partial charge in [0, 0.05) is 12.1 Å². The fourth-order valence-electron chi connectivity index (χ4n) is 5.24. The first-order valence-corrected chi connectivity index (χ1v) is 8.93. The van der Waals surface area contributed by atoms with E-state index in [9.17, 15) is 0 Å². The van der Waals surface area contributed by atoms with Crippen LogP contribution in [0.5, 0.6) is 0 Å². The van der Waals surface area contributed by atoms with Crippen LogP contribution in [0.2, 0.25) is 0 Å². The molecule has 3 atom stereocenters. The average Bonchev–Trinajstić information content (AvgIpc) is 2.84. The van der Waals surface area contributed by atoms with E-state index in [-0.39, 0.29) is 0 Å². The van der Waals surface area contributed by atoms with Crippen molar-refractivity contribution in [2.45, 2.75) is 96.6 Å². The Labute approximate surface area is 119 Å². The van der Waals surface area contributed by atoms with Crippen LogP contribution in [-0.2, 0) is 0 Å². The molecule has 3 unspecified atom stereocenters. The van der Waals surface area contributed by atoms with Crippen LogP contribution in [-0.4, -0.2) is 12.1 Å². The third kappa shape index (κ3) is 3.17. The summed E-state index contributed by atoms with van der Waals surface area (Å²) in [6.07, 6.45) is 16.3. The summed E-state index contributed by atoms with van der Waals surface area (Å²) in [4.78, 5) is 0. The molecule has 3 aliphatic rings. The summed E-state index contributed by atoms with van der Waals surface area (Å²) in [6, 6.07) is 1.66. The Hall–Kier alpha value is -0.0400. The fourth-order valence-corrected chi connectivity index (χ4v) is 5.24. The Balaban J connectivity index is 1.47. The highest BCUT2D eigenvalue weighted by atomic mass is 15.0. The maximum atomic E-state index is 4.03. The zero-order valence-corrected chi connectivity index (χ0v) is 13.1. The van der Waals surface area contributed by atoms with E-state index < -0.39 is 0 Å². The smallest absolute Gasteiger partial charge is 0.00954 e. The molecule has 0 aromatic rings. The van der Waals surface area contributed by atoms with Gasteiger partial charge in [-0.2, -0.15) is 0 Å². The monoisotopic (exact) mass is 263 g/mol. The molecule has 3 rings (SSSR count). The molecule has 1 spiro atoms. The largest absolute Gasteiger partial charge is 0.311 e.